The van der Waals surface area contributed by atoms with Crippen LogP contribution in [0.25, 0.3) is 0 Å². The fourth-order valence-electron chi connectivity index (χ4n) is 2.34. The molecule has 1 N–H and O–H groups in total. The van der Waals surface area contributed by atoms with Crippen LogP contribution in [0.5, 0.6) is 5.75 Å². The molecular formula is C17H18BrNO. The molecule has 104 valence electrons. The summed E-state index contributed by atoms with van der Waals surface area (Å²) in [6.45, 7) is 4.22. The van der Waals surface area contributed by atoms with E-state index in [-0.39, 0.29) is 11.2 Å². The second-order valence-corrected chi connectivity index (χ2v) is 6.19. The van der Waals surface area contributed by atoms with Crippen LogP contribution >= 0.6 is 15.9 Å². The van der Waals surface area contributed by atoms with E-state index in [2.05, 4.69) is 46.9 Å². The maximum atomic E-state index is 10.5. The molecule has 2 rings (SSSR count). The third-order valence-corrected chi connectivity index (χ3v) is 4.00. The first kappa shape index (κ1) is 14.8. The molecule has 2 nitrogen and oxygen atoms in total. The van der Waals surface area contributed by atoms with Gasteiger partial charge in [0.15, 0.2) is 0 Å². The molecule has 0 aliphatic heterocycles. The first-order chi connectivity index (χ1) is 9.46. The van der Waals surface area contributed by atoms with E-state index in [1.807, 2.05) is 30.3 Å². The zero-order chi connectivity index (χ0) is 14.8. The molecule has 0 bridgehead atoms. The van der Waals surface area contributed by atoms with E-state index in [0.29, 0.717) is 0 Å². The number of phenolic OH excluding ortho intramolecular Hbond substituents is 1. The van der Waals surface area contributed by atoms with E-state index in [9.17, 15) is 5.11 Å². The van der Waals surface area contributed by atoms with Crippen molar-refractivity contribution in [1.29, 1.82) is 0 Å². The van der Waals surface area contributed by atoms with Crippen LogP contribution in [0.4, 0.5) is 0 Å². The number of halogens is 1. The van der Waals surface area contributed by atoms with Gasteiger partial charge in [-0.15, -0.1) is 0 Å². The molecule has 20 heavy (non-hydrogen) atoms. The van der Waals surface area contributed by atoms with Crippen molar-refractivity contribution in [2.45, 2.75) is 19.3 Å². The summed E-state index contributed by atoms with van der Waals surface area (Å²) in [6.07, 6.45) is 1.67. The Morgan fingerprint density at radius 3 is 2.40 bits per heavy atom. The topological polar surface area (TPSA) is 32.6 Å². The Labute approximate surface area is 128 Å². The smallest absolute Gasteiger partial charge is 0.128 e. The van der Waals surface area contributed by atoms with Gasteiger partial charge in [-0.3, -0.25) is 4.99 Å². The van der Waals surface area contributed by atoms with Gasteiger partial charge in [0.2, 0.25) is 0 Å². The fourth-order valence-corrected chi connectivity index (χ4v) is 2.82. The van der Waals surface area contributed by atoms with Crippen LogP contribution in [0.1, 0.15) is 30.5 Å². The lowest BCUT2D eigenvalue weighted by Crippen LogP contribution is -2.19. The molecule has 0 atom stereocenters. The van der Waals surface area contributed by atoms with Gasteiger partial charge in [0, 0.05) is 34.3 Å². The van der Waals surface area contributed by atoms with Crippen molar-refractivity contribution in [3.05, 3.63) is 63.6 Å². The highest BCUT2D eigenvalue weighted by Gasteiger charge is 2.27. The Kier molecular flexibility index (Phi) is 4.29. The van der Waals surface area contributed by atoms with Crippen molar-refractivity contribution in [1.82, 2.24) is 0 Å². The van der Waals surface area contributed by atoms with Crippen LogP contribution in [-0.2, 0) is 5.41 Å². The van der Waals surface area contributed by atoms with Crippen molar-refractivity contribution >= 4 is 22.1 Å². The van der Waals surface area contributed by atoms with E-state index >= 15 is 0 Å². The highest BCUT2D eigenvalue weighted by atomic mass is 79.9. The Bertz CT molecular complexity index is 633. The molecule has 0 spiro atoms. The third kappa shape index (κ3) is 2.78. The molecule has 0 unspecified atom stereocenters. The molecule has 0 fully saturated rings. The second-order valence-electron chi connectivity index (χ2n) is 5.27. The third-order valence-electron chi connectivity index (χ3n) is 3.54. The molecule has 2 aromatic rings. The molecule has 0 aliphatic rings. The minimum atomic E-state index is -0.286. The number of nitrogens with zero attached hydrogens (tertiary/aromatic N) is 1. The zero-order valence-corrected chi connectivity index (χ0v) is 13.5. The highest BCUT2D eigenvalue weighted by Crippen LogP contribution is 2.39. The highest BCUT2D eigenvalue weighted by molar-refractivity contribution is 9.10. The van der Waals surface area contributed by atoms with Crippen molar-refractivity contribution in [3.63, 3.8) is 0 Å². The molecule has 0 radical (unpaired) electrons. The van der Waals surface area contributed by atoms with Crippen LogP contribution in [0.3, 0.4) is 0 Å². The number of benzene rings is 2. The normalized spacial score (nSPS) is 12.0. The van der Waals surface area contributed by atoms with Gasteiger partial charge in [-0.2, -0.15) is 0 Å². The predicted molar refractivity (Wildman–Crippen MR) is 87.9 cm³/mol. The van der Waals surface area contributed by atoms with Gasteiger partial charge < -0.3 is 5.11 Å². The molecule has 0 amide bonds. The van der Waals surface area contributed by atoms with E-state index in [4.69, 9.17) is 0 Å². The maximum absolute atomic E-state index is 10.5. The molecule has 0 saturated heterocycles. The van der Waals surface area contributed by atoms with Gasteiger partial charge in [0.05, 0.1) is 0 Å². The first-order valence-corrected chi connectivity index (χ1v) is 7.27. The SMILES string of the molecule is CN=Cc1cc(Br)cc(C(C)(C)c2ccccc2)c1O. The van der Waals surface area contributed by atoms with Gasteiger partial charge in [0.25, 0.3) is 0 Å². The van der Waals surface area contributed by atoms with E-state index in [1.165, 1.54) is 0 Å². The van der Waals surface area contributed by atoms with Gasteiger partial charge in [-0.1, -0.05) is 60.1 Å². The van der Waals surface area contributed by atoms with E-state index < -0.39 is 0 Å². The van der Waals surface area contributed by atoms with Crippen molar-refractivity contribution in [2.75, 3.05) is 7.05 Å². The van der Waals surface area contributed by atoms with Crippen molar-refractivity contribution < 1.29 is 5.11 Å². The molecule has 3 heteroatoms. The molecular weight excluding hydrogens is 314 g/mol. The molecule has 0 saturated carbocycles. The summed E-state index contributed by atoms with van der Waals surface area (Å²) in [5, 5.41) is 10.5. The number of phenols is 1. The minimum absolute atomic E-state index is 0.285. The van der Waals surface area contributed by atoms with Crippen molar-refractivity contribution in [2.24, 2.45) is 4.99 Å². The van der Waals surface area contributed by atoms with Gasteiger partial charge in [-0.05, 0) is 17.7 Å². The predicted octanol–water partition coefficient (Wildman–Crippen LogP) is 4.53. The summed E-state index contributed by atoms with van der Waals surface area (Å²) in [4.78, 5) is 4.00. The van der Waals surface area contributed by atoms with Crippen LogP contribution in [0, 0.1) is 0 Å². The summed E-state index contributed by atoms with van der Waals surface area (Å²) in [5.74, 6) is 0.285. The number of rotatable bonds is 3. The van der Waals surface area contributed by atoms with Crippen LogP contribution in [-0.4, -0.2) is 18.4 Å². The summed E-state index contributed by atoms with van der Waals surface area (Å²) < 4.78 is 0.934. The average Bonchev–Trinajstić information content (AvgIpc) is 2.43. The lowest BCUT2D eigenvalue weighted by atomic mass is 9.77. The maximum Gasteiger partial charge on any atom is 0.128 e. The minimum Gasteiger partial charge on any atom is -0.507 e. The van der Waals surface area contributed by atoms with Crippen LogP contribution in [0.15, 0.2) is 51.9 Å². The summed E-state index contributed by atoms with van der Waals surface area (Å²) in [7, 11) is 1.70. The quantitative estimate of drug-likeness (QED) is 0.823. The summed E-state index contributed by atoms with van der Waals surface area (Å²) in [6, 6.07) is 14.0. The average molecular weight is 332 g/mol. The van der Waals surface area contributed by atoms with E-state index in [1.54, 1.807) is 13.3 Å². The van der Waals surface area contributed by atoms with E-state index in [0.717, 1.165) is 21.2 Å². The number of hydrogen-bond donors (Lipinski definition) is 1. The van der Waals surface area contributed by atoms with Crippen LogP contribution in [0.2, 0.25) is 0 Å². The molecule has 0 heterocycles. The van der Waals surface area contributed by atoms with Gasteiger partial charge in [0.1, 0.15) is 5.75 Å². The largest absolute Gasteiger partial charge is 0.507 e. The Hall–Kier alpha value is -1.61. The lowest BCUT2D eigenvalue weighted by Gasteiger charge is -2.27. The standard InChI is InChI=1S/C17H18BrNO/c1-17(2,13-7-5-4-6-8-13)15-10-14(18)9-12(11-19-3)16(15)20/h4-11,20H,1-3H3. The van der Waals surface area contributed by atoms with Gasteiger partial charge >= 0.3 is 0 Å². The number of aliphatic imine (C=N–C) groups is 1. The summed E-state index contributed by atoms with van der Waals surface area (Å²) in [5.41, 5.74) is 2.48. The summed E-state index contributed by atoms with van der Waals surface area (Å²) >= 11 is 3.51. The second kappa shape index (κ2) is 5.80. The number of aromatic hydroxyl groups is 1. The monoisotopic (exact) mass is 331 g/mol. The van der Waals surface area contributed by atoms with Crippen LogP contribution < -0.4 is 0 Å². The van der Waals surface area contributed by atoms with Gasteiger partial charge in [-0.25, -0.2) is 0 Å². The fraction of sp³-hybridized carbons (Fsp3) is 0.235. The Morgan fingerprint density at radius 1 is 1.15 bits per heavy atom. The zero-order valence-electron chi connectivity index (χ0n) is 11.9. The van der Waals surface area contributed by atoms with Crippen molar-refractivity contribution in [3.8, 4) is 5.75 Å². The molecule has 0 aromatic heterocycles. The Morgan fingerprint density at radius 2 is 1.80 bits per heavy atom. The molecule has 0 aliphatic carbocycles. The molecule has 2 aromatic carbocycles. The first-order valence-electron chi connectivity index (χ1n) is 6.47. The lowest BCUT2D eigenvalue weighted by molar-refractivity contribution is 0.452. The number of hydrogen-bond acceptors (Lipinski definition) is 2. The Balaban J connectivity index is 2.63.